The van der Waals surface area contributed by atoms with E-state index in [9.17, 15) is 9.59 Å². The third-order valence-corrected chi connectivity index (χ3v) is 5.22. The average Bonchev–Trinajstić information content (AvgIpc) is 3.40. The molecule has 29 heavy (non-hydrogen) atoms. The summed E-state index contributed by atoms with van der Waals surface area (Å²) < 4.78 is 7.30. The molecule has 0 unspecified atom stereocenters. The molecule has 1 N–H and O–H groups in total. The molecule has 0 bridgehead atoms. The molecule has 7 heteroatoms. The van der Waals surface area contributed by atoms with Crippen LogP contribution in [0.4, 0.5) is 11.4 Å². The van der Waals surface area contributed by atoms with Crippen LogP contribution in [0.25, 0.3) is 5.69 Å². The summed E-state index contributed by atoms with van der Waals surface area (Å²) in [5, 5.41) is 3.33. The highest BCUT2D eigenvalue weighted by atomic mass is 35.5. The van der Waals surface area contributed by atoms with Crippen LogP contribution in [0.15, 0.2) is 60.9 Å². The van der Waals surface area contributed by atoms with E-state index < -0.39 is 0 Å². The fourth-order valence-electron chi connectivity index (χ4n) is 3.49. The van der Waals surface area contributed by atoms with Crippen LogP contribution >= 0.6 is 11.6 Å². The minimum Gasteiger partial charge on any atom is -0.496 e. The fourth-order valence-corrected chi connectivity index (χ4v) is 3.75. The fraction of sp³-hybridized carbons (Fsp3) is 0.182. The van der Waals surface area contributed by atoms with Gasteiger partial charge in [0.1, 0.15) is 5.75 Å². The summed E-state index contributed by atoms with van der Waals surface area (Å²) in [6.45, 7) is 0.645. The van der Waals surface area contributed by atoms with Crippen LogP contribution in [0.2, 0.25) is 5.02 Å². The number of hydrogen-bond donors (Lipinski definition) is 1. The minimum absolute atomic E-state index is 0.0587. The molecule has 0 spiro atoms. The summed E-state index contributed by atoms with van der Waals surface area (Å²) in [6.07, 6.45) is 5.06. The first-order chi connectivity index (χ1) is 14.1. The summed E-state index contributed by atoms with van der Waals surface area (Å²) in [7, 11) is 1.51. The maximum absolute atomic E-state index is 13.0. The van der Waals surface area contributed by atoms with Crippen LogP contribution in [-0.4, -0.2) is 30.0 Å². The number of hydrogen-bond acceptors (Lipinski definition) is 3. The number of carbonyl (C=O) groups excluding carboxylic acids is 2. The first-order valence-corrected chi connectivity index (χ1v) is 9.68. The number of aromatic nitrogens is 1. The van der Waals surface area contributed by atoms with Gasteiger partial charge in [0.05, 0.1) is 34.8 Å². The van der Waals surface area contributed by atoms with E-state index in [0.717, 1.165) is 6.42 Å². The Morgan fingerprint density at radius 1 is 1.10 bits per heavy atom. The topological polar surface area (TPSA) is 63.6 Å². The Morgan fingerprint density at radius 3 is 2.55 bits per heavy atom. The van der Waals surface area contributed by atoms with Gasteiger partial charge < -0.3 is 19.5 Å². The maximum atomic E-state index is 13.0. The standard InChI is InChI=1S/C22H20ClN3O3/c1-29-20-14-19(25-10-4-5-11-25)16(23)13-15(20)22(28)24-17-7-2-3-8-18(17)26-12-6-9-21(26)27/h2-5,7-8,10-11,13-14H,6,9,12H2,1H3,(H,24,28). The van der Waals surface area contributed by atoms with Crippen LogP contribution in [0, 0.1) is 0 Å². The van der Waals surface area contributed by atoms with Crippen molar-refractivity contribution in [1.82, 2.24) is 4.57 Å². The van der Waals surface area contributed by atoms with E-state index in [1.807, 2.05) is 47.3 Å². The first kappa shape index (κ1) is 19.1. The Bertz CT molecular complexity index is 1060. The van der Waals surface area contributed by atoms with E-state index in [1.165, 1.54) is 7.11 Å². The number of nitrogens with zero attached hydrogens (tertiary/aromatic N) is 2. The van der Waals surface area contributed by atoms with Crippen molar-refractivity contribution in [3.63, 3.8) is 0 Å². The van der Waals surface area contributed by atoms with Crippen LogP contribution < -0.4 is 15.0 Å². The Morgan fingerprint density at radius 2 is 1.86 bits per heavy atom. The van der Waals surface area contributed by atoms with E-state index in [0.29, 0.717) is 46.4 Å². The number of rotatable bonds is 5. The number of methoxy groups -OCH3 is 1. The molecule has 0 aliphatic carbocycles. The van der Waals surface area contributed by atoms with E-state index in [1.54, 1.807) is 23.1 Å². The van der Waals surface area contributed by atoms with Gasteiger partial charge in [0.2, 0.25) is 5.91 Å². The molecule has 2 heterocycles. The van der Waals surface area contributed by atoms with Gasteiger partial charge in [0.15, 0.2) is 0 Å². The highest BCUT2D eigenvalue weighted by Gasteiger charge is 2.25. The van der Waals surface area contributed by atoms with Crippen molar-refractivity contribution in [3.05, 3.63) is 71.5 Å². The Labute approximate surface area is 173 Å². The molecular formula is C22H20ClN3O3. The molecule has 1 saturated heterocycles. The van der Waals surface area contributed by atoms with E-state index in [-0.39, 0.29) is 11.8 Å². The SMILES string of the molecule is COc1cc(-n2cccc2)c(Cl)cc1C(=O)Nc1ccccc1N1CCCC1=O. The van der Waals surface area contributed by atoms with Gasteiger partial charge in [-0.15, -0.1) is 0 Å². The second kappa shape index (κ2) is 8.01. The van der Waals surface area contributed by atoms with Gasteiger partial charge >= 0.3 is 0 Å². The Balaban J connectivity index is 1.66. The molecule has 148 valence electrons. The number of benzene rings is 2. The highest BCUT2D eigenvalue weighted by molar-refractivity contribution is 6.33. The number of amides is 2. The quantitative estimate of drug-likeness (QED) is 0.673. The molecule has 1 aliphatic heterocycles. The summed E-state index contributed by atoms with van der Waals surface area (Å²) in [5.41, 5.74) is 2.29. The molecule has 1 aliphatic rings. The molecule has 0 radical (unpaired) electrons. The number of halogens is 1. The van der Waals surface area contributed by atoms with E-state index in [2.05, 4.69) is 5.32 Å². The van der Waals surface area contributed by atoms with Gasteiger partial charge in [0, 0.05) is 31.4 Å². The summed E-state index contributed by atoms with van der Waals surface area (Å²) in [5.74, 6) is 0.107. The van der Waals surface area contributed by atoms with Crippen LogP contribution in [0.5, 0.6) is 5.75 Å². The molecule has 0 atom stereocenters. The molecule has 2 amide bonds. The summed E-state index contributed by atoms with van der Waals surface area (Å²) in [4.78, 5) is 26.9. The van der Waals surface area contributed by atoms with E-state index in [4.69, 9.17) is 16.3 Å². The predicted molar refractivity (Wildman–Crippen MR) is 113 cm³/mol. The molecule has 3 aromatic rings. The van der Waals surface area contributed by atoms with Crippen molar-refractivity contribution in [2.75, 3.05) is 23.9 Å². The van der Waals surface area contributed by atoms with Gasteiger partial charge in [-0.2, -0.15) is 0 Å². The van der Waals surface area contributed by atoms with Crippen molar-refractivity contribution in [2.24, 2.45) is 0 Å². The molecule has 1 fully saturated rings. The Kier molecular flexibility index (Phi) is 5.27. The maximum Gasteiger partial charge on any atom is 0.259 e. The zero-order chi connectivity index (χ0) is 20.4. The summed E-state index contributed by atoms with van der Waals surface area (Å²) in [6, 6.07) is 14.4. The third kappa shape index (κ3) is 3.71. The lowest BCUT2D eigenvalue weighted by atomic mass is 10.1. The smallest absolute Gasteiger partial charge is 0.259 e. The van der Waals surface area contributed by atoms with Crippen LogP contribution in [0.1, 0.15) is 23.2 Å². The molecule has 0 saturated carbocycles. The van der Waals surface area contributed by atoms with Crippen molar-refractivity contribution in [1.29, 1.82) is 0 Å². The van der Waals surface area contributed by atoms with Crippen molar-refractivity contribution in [2.45, 2.75) is 12.8 Å². The monoisotopic (exact) mass is 409 g/mol. The van der Waals surface area contributed by atoms with Gasteiger partial charge in [-0.3, -0.25) is 9.59 Å². The zero-order valence-electron chi connectivity index (χ0n) is 15.9. The number of anilines is 2. The largest absolute Gasteiger partial charge is 0.496 e. The molecule has 6 nitrogen and oxygen atoms in total. The molecule has 4 rings (SSSR count). The zero-order valence-corrected chi connectivity index (χ0v) is 16.6. The molecule has 1 aromatic heterocycles. The van der Waals surface area contributed by atoms with Gasteiger partial charge in [-0.1, -0.05) is 23.7 Å². The van der Waals surface area contributed by atoms with Crippen molar-refractivity contribution in [3.8, 4) is 11.4 Å². The number of para-hydroxylation sites is 2. The van der Waals surface area contributed by atoms with Gasteiger partial charge in [-0.05, 0) is 36.8 Å². The number of ether oxygens (including phenoxy) is 1. The lowest BCUT2D eigenvalue weighted by Gasteiger charge is -2.20. The number of nitrogens with one attached hydrogen (secondary N) is 1. The van der Waals surface area contributed by atoms with Crippen molar-refractivity contribution < 1.29 is 14.3 Å². The Hall–Kier alpha value is -3.25. The normalized spacial score (nSPS) is 13.6. The van der Waals surface area contributed by atoms with Crippen LogP contribution in [0.3, 0.4) is 0 Å². The van der Waals surface area contributed by atoms with Crippen molar-refractivity contribution >= 4 is 34.8 Å². The average molecular weight is 410 g/mol. The lowest BCUT2D eigenvalue weighted by Crippen LogP contribution is -2.25. The van der Waals surface area contributed by atoms with E-state index >= 15 is 0 Å². The number of carbonyl (C=O) groups is 2. The van der Waals surface area contributed by atoms with Gasteiger partial charge in [0.25, 0.3) is 5.91 Å². The molecular weight excluding hydrogens is 390 g/mol. The second-order valence-corrected chi connectivity index (χ2v) is 7.12. The lowest BCUT2D eigenvalue weighted by molar-refractivity contribution is -0.117. The third-order valence-electron chi connectivity index (χ3n) is 4.91. The predicted octanol–water partition coefficient (Wildman–Crippen LogP) is 4.52. The molecule has 2 aromatic carbocycles. The highest BCUT2D eigenvalue weighted by Crippen LogP contribution is 2.33. The van der Waals surface area contributed by atoms with Gasteiger partial charge in [-0.25, -0.2) is 0 Å². The first-order valence-electron chi connectivity index (χ1n) is 9.30. The summed E-state index contributed by atoms with van der Waals surface area (Å²) >= 11 is 6.44. The minimum atomic E-state index is -0.359. The second-order valence-electron chi connectivity index (χ2n) is 6.71. The van der Waals surface area contributed by atoms with Crippen LogP contribution in [-0.2, 0) is 4.79 Å².